The van der Waals surface area contributed by atoms with Crippen molar-refractivity contribution >= 4 is 23.4 Å². The number of amides is 1. The molecule has 1 atom stereocenters. The molecule has 1 aliphatic rings. The molecular formula is C17H13F6N3O2S. The van der Waals surface area contributed by atoms with Gasteiger partial charge in [-0.3, -0.25) is 14.2 Å². The van der Waals surface area contributed by atoms with Gasteiger partial charge in [0, 0.05) is 29.6 Å². The van der Waals surface area contributed by atoms with Gasteiger partial charge in [0.2, 0.25) is 5.91 Å². The number of aromatic nitrogens is 2. The Labute approximate surface area is 164 Å². The first-order valence-corrected chi connectivity index (χ1v) is 9.15. The fraction of sp³-hybridized carbons (Fsp3) is 0.353. The van der Waals surface area contributed by atoms with Crippen molar-refractivity contribution in [1.82, 2.24) is 9.55 Å². The van der Waals surface area contributed by atoms with Crippen LogP contribution in [0.5, 0.6) is 0 Å². The Kier molecular flexibility index (Phi) is 5.41. The number of carbonyl (C=O) groups is 1. The molecule has 0 saturated heterocycles. The summed E-state index contributed by atoms with van der Waals surface area (Å²) in [5, 5.41) is 2.48. The Bertz CT molecular complexity index is 983. The number of carbonyl (C=O) groups excluding carboxylic acids is 1. The highest BCUT2D eigenvalue weighted by Crippen LogP contribution is 2.38. The van der Waals surface area contributed by atoms with Gasteiger partial charge in [-0.25, -0.2) is 4.98 Å². The number of nitrogens with one attached hydrogen (secondary N) is 1. The normalized spacial score (nSPS) is 16.6. The molecular weight excluding hydrogens is 424 g/mol. The summed E-state index contributed by atoms with van der Waals surface area (Å²) in [4.78, 5) is 28.6. The molecule has 5 nitrogen and oxygen atoms in total. The van der Waals surface area contributed by atoms with Crippen molar-refractivity contribution in [3.8, 4) is 0 Å². The van der Waals surface area contributed by atoms with Gasteiger partial charge in [0.15, 0.2) is 5.16 Å². The molecule has 1 aliphatic heterocycles. The zero-order chi connectivity index (χ0) is 21.6. The second-order valence-electron chi connectivity index (χ2n) is 6.40. The highest BCUT2D eigenvalue weighted by atomic mass is 32.2. The lowest BCUT2D eigenvalue weighted by Crippen LogP contribution is -2.27. The van der Waals surface area contributed by atoms with Crippen molar-refractivity contribution in [2.24, 2.45) is 0 Å². The molecule has 12 heteroatoms. The predicted octanol–water partition coefficient (Wildman–Crippen LogP) is 4.26. The van der Waals surface area contributed by atoms with Crippen molar-refractivity contribution in [3.05, 3.63) is 51.4 Å². The van der Waals surface area contributed by atoms with Crippen LogP contribution in [0.2, 0.25) is 0 Å². The topological polar surface area (TPSA) is 64.0 Å². The lowest BCUT2D eigenvalue weighted by Gasteiger charge is -2.16. The standard InChI is InChI=1S/C17H13F6N3O2S/c1-8-2-14(28)26-12(7-29-15(26)24-8)6-13(27)25-11-4-9(16(18,19)20)3-10(5-11)17(21,22)23/h2-5,12H,6-7H2,1H3,(H,25,27). The molecule has 156 valence electrons. The minimum Gasteiger partial charge on any atom is -0.326 e. The number of fused-ring (bicyclic) bond motifs is 1. The molecule has 0 saturated carbocycles. The second-order valence-corrected chi connectivity index (χ2v) is 7.39. The smallest absolute Gasteiger partial charge is 0.326 e. The van der Waals surface area contributed by atoms with E-state index in [2.05, 4.69) is 10.3 Å². The first-order valence-electron chi connectivity index (χ1n) is 8.17. The number of hydrogen-bond donors (Lipinski definition) is 1. The maximum Gasteiger partial charge on any atom is 0.416 e. The minimum absolute atomic E-state index is 0.0208. The van der Waals surface area contributed by atoms with Crippen LogP contribution in [0.25, 0.3) is 0 Å². The van der Waals surface area contributed by atoms with E-state index in [1.54, 1.807) is 6.92 Å². The molecule has 1 aromatic heterocycles. The third-order valence-corrected chi connectivity index (χ3v) is 5.21. The third-order valence-electron chi connectivity index (χ3n) is 4.11. The number of aryl methyl sites for hydroxylation is 1. The van der Waals surface area contributed by atoms with Crippen molar-refractivity contribution in [1.29, 1.82) is 0 Å². The summed E-state index contributed by atoms with van der Waals surface area (Å²) < 4.78 is 78.8. The Morgan fingerprint density at radius 2 is 1.72 bits per heavy atom. The number of hydrogen-bond acceptors (Lipinski definition) is 4. The Morgan fingerprint density at radius 1 is 1.14 bits per heavy atom. The van der Waals surface area contributed by atoms with E-state index >= 15 is 0 Å². The van der Waals surface area contributed by atoms with Crippen LogP contribution in [0.15, 0.2) is 34.2 Å². The van der Waals surface area contributed by atoms with E-state index in [0.717, 1.165) is 0 Å². The SMILES string of the molecule is Cc1cc(=O)n2c(n1)SCC2CC(=O)Nc1cc(C(F)(F)F)cc(C(F)(F)F)c1. The molecule has 2 heterocycles. The highest BCUT2D eigenvalue weighted by Gasteiger charge is 2.37. The number of benzene rings is 1. The van der Waals surface area contributed by atoms with E-state index < -0.39 is 41.1 Å². The molecule has 0 spiro atoms. The summed E-state index contributed by atoms with van der Waals surface area (Å²) >= 11 is 1.24. The molecule has 1 amide bonds. The number of halogens is 6. The average Bonchev–Trinajstić information content (AvgIpc) is 2.95. The Balaban J connectivity index is 1.83. The van der Waals surface area contributed by atoms with Gasteiger partial charge in [-0.2, -0.15) is 26.3 Å². The van der Waals surface area contributed by atoms with E-state index in [4.69, 9.17) is 0 Å². The predicted molar refractivity (Wildman–Crippen MR) is 92.7 cm³/mol. The summed E-state index contributed by atoms with van der Waals surface area (Å²) in [7, 11) is 0. The van der Waals surface area contributed by atoms with Crippen molar-refractivity contribution in [2.75, 3.05) is 11.1 Å². The molecule has 0 radical (unpaired) electrons. The van der Waals surface area contributed by atoms with Crippen LogP contribution in [0, 0.1) is 6.92 Å². The molecule has 3 rings (SSSR count). The van der Waals surface area contributed by atoms with E-state index in [0.29, 0.717) is 28.7 Å². The summed E-state index contributed by atoms with van der Waals surface area (Å²) in [5.74, 6) is -0.487. The van der Waals surface area contributed by atoms with E-state index in [-0.39, 0.29) is 18.0 Å². The maximum atomic E-state index is 12.9. The van der Waals surface area contributed by atoms with E-state index in [9.17, 15) is 35.9 Å². The van der Waals surface area contributed by atoms with Crippen LogP contribution < -0.4 is 10.9 Å². The Morgan fingerprint density at radius 3 is 2.28 bits per heavy atom. The van der Waals surface area contributed by atoms with Crippen molar-refractivity contribution in [2.45, 2.75) is 36.9 Å². The van der Waals surface area contributed by atoms with Crippen LogP contribution in [0.3, 0.4) is 0 Å². The third kappa shape index (κ3) is 4.74. The molecule has 29 heavy (non-hydrogen) atoms. The zero-order valence-corrected chi connectivity index (χ0v) is 15.5. The lowest BCUT2D eigenvalue weighted by molar-refractivity contribution is -0.143. The second kappa shape index (κ2) is 7.39. The van der Waals surface area contributed by atoms with Gasteiger partial charge in [0.25, 0.3) is 5.56 Å². The molecule has 0 aliphatic carbocycles. The zero-order valence-electron chi connectivity index (χ0n) is 14.7. The van der Waals surface area contributed by atoms with Gasteiger partial charge in [-0.1, -0.05) is 11.8 Å². The number of nitrogens with zero attached hydrogens (tertiary/aromatic N) is 2. The summed E-state index contributed by atoms with van der Waals surface area (Å²) in [6, 6.07) is 1.52. The van der Waals surface area contributed by atoms with E-state index in [1.165, 1.54) is 22.4 Å². The number of rotatable bonds is 3. The number of thioether (sulfide) groups is 1. The molecule has 2 aromatic rings. The van der Waals surface area contributed by atoms with Gasteiger partial charge in [0.05, 0.1) is 17.2 Å². The van der Waals surface area contributed by atoms with Gasteiger partial charge in [-0.05, 0) is 25.1 Å². The van der Waals surface area contributed by atoms with Crippen LogP contribution in [-0.2, 0) is 17.1 Å². The summed E-state index contributed by atoms with van der Waals surface area (Å²) in [5.41, 5.74) is -3.56. The van der Waals surface area contributed by atoms with Crippen LogP contribution >= 0.6 is 11.8 Å². The van der Waals surface area contributed by atoms with E-state index in [1.807, 2.05) is 0 Å². The van der Waals surface area contributed by atoms with Crippen LogP contribution in [-0.4, -0.2) is 21.2 Å². The molecule has 0 fully saturated rings. The first kappa shape index (κ1) is 21.2. The first-order chi connectivity index (χ1) is 13.3. The summed E-state index contributed by atoms with van der Waals surface area (Å²) in [6.45, 7) is 1.63. The summed E-state index contributed by atoms with van der Waals surface area (Å²) in [6.07, 6.45) is -10.3. The van der Waals surface area contributed by atoms with Crippen molar-refractivity contribution < 1.29 is 31.1 Å². The fourth-order valence-electron chi connectivity index (χ4n) is 2.87. The van der Waals surface area contributed by atoms with Gasteiger partial charge < -0.3 is 5.32 Å². The fourth-order valence-corrected chi connectivity index (χ4v) is 4.06. The minimum atomic E-state index is -5.02. The monoisotopic (exact) mass is 437 g/mol. The highest BCUT2D eigenvalue weighted by molar-refractivity contribution is 7.99. The lowest BCUT2D eigenvalue weighted by atomic mass is 10.1. The largest absolute Gasteiger partial charge is 0.416 e. The molecule has 0 bridgehead atoms. The molecule has 1 N–H and O–H groups in total. The van der Waals surface area contributed by atoms with Crippen molar-refractivity contribution in [3.63, 3.8) is 0 Å². The number of anilines is 1. The maximum absolute atomic E-state index is 12.9. The Hall–Kier alpha value is -2.50. The van der Waals surface area contributed by atoms with Gasteiger partial charge in [0.1, 0.15) is 0 Å². The average molecular weight is 437 g/mol. The van der Waals surface area contributed by atoms with Crippen LogP contribution in [0.4, 0.5) is 32.0 Å². The quantitative estimate of drug-likeness (QED) is 0.576. The molecule has 1 aromatic carbocycles. The van der Waals surface area contributed by atoms with Gasteiger partial charge in [-0.15, -0.1) is 0 Å². The van der Waals surface area contributed by atoms with Gasteiger partial charge >= 0.3 is 12.4 Å². The van der Waals surface area contributed by atoms with Crippen LogP contribution in [0.1, 0.15) is 29.3 Å². The number of alkyl halides is 6. The molecule has 1 unspecified atom stereocenters.